The van der Waals surface area contributed by atoms with Gasteiger partial charge in [-0.2, -0.15) is 0 Å². The fraction of sp³-hybridized carbons (Fsp3) is 0.462. The summed E-state index contributed by atoms with van der Waals surface area (Å²) in [5.74, 6) is 2.28. The van der Waals surface area contributed by atoms with Gasteiger partial charge in [-0.3, -0.25) is 0 Å². The molecule has 0 aromatic carbocycles. The van der Waals surface area contributed by atoms with Crippen LogP contribution in [0.1, 0.15) is 32.5 Å². The van der Waals surface area contributed by atoms with Crippen LogP contribution in [-0.2, 0) is 6.54 Å². The molecule has 0 amide bonds. The second kappa shape index (κ2) is 5.69. The zero-order valence-corrected chi connectivity index (χ0v) is 11.5. The maximum absolute atomic E-state index is 5.80. The lowest BCUT2D eigenvalue weighted by atomic mass is 10.2. The molecule has 0 saturated carbocycles. The van der Waals surface area contributed by atoms with E-state index in [0.29, 0.717) is 5.82 Å². The van der Waals surface area contributed by atoms with Gasteiger partial charge >= 0.3 is 0 Å². The molecule has 102 valence electrons. The van der Waals surface area contributed by atoms with Crippen molar-refractivity contribution in [2.45, 2.75) is 39.3 Å². The van der Waals surface area contributed by atoms with E-state index in [1.165, 1.54) is 0 Å². The number of nitrogens with one attached hydrogen (secondary N) is 1. The van der Waals surface area contributed by atoms with Crippen LogP contribution in [-0.4, -0.2) is 25.6 Å². The first-order valence-corrected chi connectivity index (χ1v) is 6.41. The highest BCUT2D eigenvalue weighted by Crippen LogP contribution is 2.15. The summed E-state index contributed by atoms with van der Waals surface area (Å²) >= 11 is 0. The summed E-state index contributed by atoms with van der Waals surface area (Å²) in [5, 5.41) is 3.34. The molecule has 1 unspecified atom stereocenters. The minimum absolute atomic E-state index is 0.225. The number of imidazole rings is 1. The Morgan fingerprint density at radius 3 is 2.74 bits per heavy atom. The van der Waals surface area contributed by atoms with E-state index in [1.54, 1.807) is 18.6 Å². The molecule has 0 bridgehead atoms. The molecule has 0 radical (unpaired) electrons. The average Bonchev–Trinajstić information content (AvgIpc) is 2.80. The molecule has 19 heavy (non-hydrogen) atoms. The molecule has 0 aliphatic rings. The van der Waals surface area contributed by atoms with Crippen LogP contribution in [0.15, 0.2) is 24.8 Å². The van der Waals surface area contributed by atoms with Gasteiger partial charge in [0, 0.05) is 37.0 Å². The third-order valence-corrected chi connectivity index (χ3v) is 2.72. The monoisotopic (exact) mass is 260 g/mol. The number of nitrogens with two attached hydrogens (primary N) is 1. The second-order valence-electron chi connectivity index (χ2n) is 5.00. The first kappa shape index (κ1) is 13.3. The Kier molecular flexibility index (Phi) is 3.99. The summed E-state index contributed by atoms with van der Waals surface area (Å²) in [6, 6.07) is 1.99. The van der Waals surface area contributed by atoms with E-state index in [1.807, 2.05) is 24.6 Å². The van der Waals surface area contributed by atoms with Gasteiger partial charge in [-0.25, -0.2) is 15.0 Å². The molecule has 3 N–H and O–H groups in total. The molecule has 2 rings (SSSR count). The summed E-state index contributed by atoms with van der Waals surface area (Å²) < 4.78 is 2.02. The summed E-state index contributed by atoms with van der Waals surface area (Å²) in [5.41, 5.74) is 5.80. The first-order valence-electron chi connectivity index (χ1n) is 6.41. The van der Waals surface area contributed by atoms with Crippen LogP contribution in [0, 0.1) is 0 Å². The smallest absolute Gasteiger partial charge is 0.135 e. The second-order valence-corrected chi connectivity index (χ2v) is 5.00. The maximum atomic E-state index is 5.80. The molecule has 2 aromatic rings. The molecular formula is C13H20N6. The van der Waals surface area contributed by atoms with E-state index in [9.17, 15) is 0 Å². The summed E-state index contributed by atoms with van der Waals surface area (Å²) in [7, 11) is 0. The van der Waals surface area contributed by atoms with Crippen molar-refractivity contribution in [3.8, 4) is 0 Å². The minimum atomic E-state index is 0.225. The predicted molar refractivity (Wildman–Crippen MR) is 75.8 cm³/mol. The summed E-state index contributed by atoms with van der Waals surface area (Å²) in [4.78, 5) is 12.7. The van der Waals surface area contributed by atoms with Crippen molar-refractivity contribution in [1.29, 1.82) is 0 Å². The van der Waals surface area contributed by atoms with Crippen molar-refractivity contribution < 1.29 is 0 Å². The third kappa shape index (κ3) is 3.67. The van der Waals surface area contributed by atoms with Gasteiger partial charge in [0.1, 0.15) is 17.5 Å². The molecule has 6 heteroatoms. The van der Waals surface area contributed by atoms with Gasteiger partial charge in [-0.15, -0.1) is 0 Å². The molecule has 2 heterocycles. The Hall–Kier alpha value is -2.11. The number of hydrogen-bond acceptors (Lipinski definition) is 5. The molecule has 0 spiro atoms. The lowest BCUT2D eigenvalue weighted by Crippen LogP contribution is -2.22. The van der Waals surface area contributed by atoms with Crippen molar-refractivity contribution in [1.82, 2.24) is 19.5 Å². The van der Waals surface area contributed by atoms with Crippen LogP contribution < -0.4 is 11.1 Å². The van der Waals surface area contributed by atoms with E-state index >= 15 is 0 Å². The highest BCUT2D eigenvalue weighted by atomic mass is 15.1. The molecule has 6 nitrogen and oxygen atoms in total. The lowest BCUT2D eigenvalue weighted by Gasteiger charge is -2.16. The number of nitrogen functional groups attached to an aromatic ring is 1. The van der Waals surface area contributed by atoms with Crippen LogP contribution in [0.5, 0.6) is 0 Å². The highest BCUT2D eigenvalue weighted by Gasteiger charge is 2.09. The van der Waals surface area contributed by atoms with E-state index in [0.717, 1.165) is 18.2 Å². The molecule has 0 aliphatic carbocycles. The highest BCUT2D eigenvalue weighted by molar-refractivity contribution is 5.45. The van der Waals surface area contributed by atoms with Crippen molar-refractivity contribution >= 4 is 11.6 Å². The van der Waals surface area contributed by atoms with Gasteiger partial charge in [0.05, 0.1) is 6.33 Å². The first-order chi connectivity index (χ1) is 9.04. The average molecular weight is 260 g/mol. The molecule has 0 saturated heterocycles. The van der Waals surface area contributed by atoms with Crippen molar-refractivity contribution in [2.75, 3.05) is 11.1 Å². The minimum Gasteiger partial charge on any atom is -0.384 e. The molecule has 0 aliphatic heterocycles. The summed E-state index contributed by atoms with van der Waals surface area (Å²) in [6.45, 7) is 7.01. The number of hydrogen-bond donors (Lipinski definition) is 2. The van der Waals surface area contributed by atoms with Gasteiger partial charge in [0.25, 0.3) is 0 Å². The molecule has 2 aromatic heterocycles. The van der Waals surface area contributed by atoms with Crippen LogP contribution in [0.4, 0.5) is 11.6 Å². The van der Waals surface area contributed by atoms with Gasteiger partial charge in [0.2, 0.25) is 0 Å². The van der Waals surface area contributed by atoms with E-state index in [2.05, 4.69) is 27.2 Å². The number of rotatable bonds is 5. The molecule has 0 fully saturated rings. The number of anilines is 2. The maximum Gasteiger partial charge on any atom is 0.135 e. The topological polar surface area (TPSA) is 81.7 Å². The number of aromatic nitrogens is 4. The SMILES string of the molecule is CC(Cn1ccnc1)Nc1cc(N)nc(C(C)C)n1. The van der Waals surface area contributed by atoms with E-state index < -0.39 is 0 Å². The normalized spacial score (nSPS) is 12.6. The van der Waals surface area contributed by atoms with Crippen LogP contribution >= 0.6 is 0 Å². The fourth-order valence-corrected chi connectivity index (χ4v) is 1.83. The van der Waals surface area contributed by atoms with Crippen molar-refractivity contribution in [3.05, 3.63) is 30.6 Å². The van der Waals surface area contributed by atoms with Crippen molar-refractivity contribution in [3.63, 3.8) is 0 Å². The Bertz CT molecular complexity index is 520. The van der Waals surface area contributed by atoms with Gasteiger partial charge < -0.3 is 15.6 Å². The van der Waals surface area contributed by atoms with E-state index in [4.69, 9.17) is 5.73 Å². The Balaban J connectivity index is 2.05. The van der Waals surface area contributed by atoms with Crippen molar-refractivity contribution in [2.24, 2.45) is 0 Å². The Morgan fingerprint density at radius 1 is 1.32 bits per heavy atom. The zero-order chi connectivity index (χ0) is 13.8. The number of nitrogens with zero attached hydrogens (tertiary/aromatic N) is 4. The standard InChI is InChI=1S/C13H20N6/c1-9(2)13-17-11(14)6-12(18-13)16-10(3)7-19-5-4-15-8-19/h4-6,8-10H,7H2,1-3H3,(H3,14,16,17,18). The van der Waals surface area contributed by atoms with Gasteiger partial charge in [0.15, 0.2) is 0 Å². The Morgan fingerprint density at radius 2 is 2.11 bits per heavy atom. The molecule has 1 atom stereocenters. The fourth-order valence-electron chi connectivity index (χ4n) is 1.83. The summed E-state index contributed by atoms with van der Waals surface area (Å²) in [6.07, 6.45) is 5.50. The largest absolute Gasteiger partial charge is 0.384 e. The predicted octanol–water partition coefficient (Wildman–Crippen LogP) is 1.88. The van der Waals surface area contributed by atoms with Crippen LogP contribution in [0.25, 0.3) is 0 Å². The third-order valence-electron chi connectivity index (χ3n) is 2.72. The van der Waals surface area contributed by atoms with Gasteiger partial charge in [-0.1, -0.05) is 13.8 Å². The van der Waals surface area contributed by atoms with Crippen LogP contribution in [0.3, 0.4) is 0 Å². The quantitative estimate of drug-likeness (QED) is 0.857. The van der Waals surface area contributed by atoms with Crippen LogP contribution in [0.2, 0.25) is 0 Å². The lowest BCUT2D eigenvalue weighted by molar-refractivity contribution is 0.616. The Labute approximate surface area is 113 Å². The van der Waals surface area contributed by atoms with Gasteiger partial charge in [-0.05, 0) is 6.92 Å². The van der Waals surface area contributed by atoms with E-state index in [-0.39, 0.29) is 12.0 Å². The zero-order valence-electron chi connectivity index (χ0n) is 11.5. The molecular weight excluding hydrogens is 240 g/mol.